The highest BCUT2D eigenvalue weighted by atomic mass is 16.4. The van der Waals surface area contributed by atoms with Gasteiger partial charge in [-0.05, 0) is 0 Å². The fourth-order valence-corrected chi connectivity index (χ4v) is 0.657. The van der Waals surface area contributed by atoms with Gasteiger partial charge in [-0.2, -0.15) is 0 Å². The van der Waals surface area contributed by atoms with Gasteiger partial charge >= 0.3 is 5.97 Å². The lowest BCUT2D eigenvalue weighted by Gasteiger charge is -2.00. The molecule has 0 bridgehead atoms. The van der Waals surface area contributed by atoms with Crippen LogP contribution in [0.15, 0.2) is 10.7 Å². The highest BCUT2D eigenvalue weighted by molar-refractivity contribution is 5.84. The molecule has 1 aromatic heterocycles. The molecule has 6 heteroatoms. The van der Waals surface area contributed by atoms with Crippen molar-refractivity contribution in [2.24, 2.45) is 11.5 Å². The Labute approximate surface area is 68.2 Å². The summed E-state index contributed by atoms with van der Waals surface area (Å²) < 4.78 is 4.78. The minimum Gasteiger partial charge on any atom is -0.476 e. The van der Waals surface area contributed by atoms with Crippen LogP contribution in [0.1, 0.15) is 22.4 Å². The first-order valence-corrected chi connectivity index (χ1v) is 3.29. The van der Waals surface area contributed by atoms with E-state index in [2.05, 4.69) is 4.98 Å². The summed E-state index contributed by atoms with van der Waals surface area (Å²) in [6, 6.07) is -0.543. The quantitative estimate of drug-likeness (QED) is 0.555. The van der Waals surface area contributed by atoms with Gasteiger partial charge in [0.2, 0.25) is 5.89 Å². The Bertz CT molecular complexity index is 283. The monoisotopic (exact) mass is 171 g/mol. The smallest absolute Gasteiger partial charge is 0.357 e. The van der Waals surface area contributed by atoms with Crippen molar-refractivity contribution in [2.45, 2.75) is 6.04 Å². The Morgan fingerprint density at radius 1 is 1.83 bits per heavy atom. The van der Waals surface area contributed by atoms with Crippen molar-refractivity contribution in [3.05, 3.63) is 17.8 Å². The molecule has 1 rings (SSSR count). The van der Waals surface area contributed by atoms with E-state index in [9.17, 15) is 4.79 Å². The molecule has 12 heavy (non-hydrogen) atoms. The third-order valence-electron chi connectivity index (χ3n) is 1.31. The third-order valence-corrected chi connectivity index (χ3v) is 1.31. The van der Waals surface area contributed by atoms with Gasteiger partial charge in [0.15, 0.2) is 5.69 Å². The largest absolute Gasteiger partial charge is 0.476 e. The van der Waals surface area contributed by atoms with Gasteiger partial charge in [0.1, 0.15) is 6.26 Å². The first-order valence-electron chi connectivity index (χ1n) is 3.29. The molecule has 1 aromatic rings. The number of hydrogen-bond acceptors (Lipinski definition) is 5. The van der Waals surface area contributed by atoms with E-state index in [1.54, 1.807) is 0 Å². The number of nitrogens with zero attached hydrogens (tertiary/aromatic N) is 1. The normalized spacial score (nSPS) is 12.8. The fraction of sp³-hybridized carbons (Fsp3) is 0.333. The van der Waals surface area contributed by atoms with E-state index in [1.807, 2.05) is 0 Å². The van der Waals surface area contributed by atoms with E-state index in [0.29, 0.717) is 0 Å². The van der Waals surface area contributed by atoms with Crippen LogP contribution in [-0.2, 0) is 0 Å². The molecule has 0 aliphatic heterocycles. The molecule has 1 heterocycles. The Kier molecular flexibility index (Phi) is 2.41. The molecule has 0 aromatic carbocycles. The molecule has 0 aliphatic rings. The standard InChI is InChI=1S/C6H9N3O3/c7-1-3(8)5-9-4(2-12-5)6(10)11/h2-3H,1,7-8H2,(H,10,11)/t3-/m0/s1. The molecule has 0 amide bonds. The van der Waals surface area contributed by atoms with Gasteiger partial charge in [0.05, 0.1) is 6.04 Å². The Hall–Kier alpha value is -1.40. The highest BCUT2D eigenvalue weighted by Crippen LogP contribution is 2.08. The number of aromatic nitrogens is 1. The predicted octanol–water partition coefficient (Wildman–Crippen LogP) is -0.669. The summed E-state index contributed by atoms with van der Waals surface area (Å²) in [5.74, 6) is -0.996. The van der Waals surface area contributed by atoms with Crippen molar-refractivity contribution in [1.82, 2.24) is 4.98 Å². The zero-order chi connectivity index (χ0) is 9.14. The average Bonchev–Trinajstić information content (AvgIpc) is 2.51. The van der Waals surface area contributed by atoms with E-state index < -0.39 is 12.0 Å². The topological polar surface area (TPSA) is 115 Å². The summed E-state index contributed by atoms with van der Waals surface area (Å²) in [5.41, 5.74) is 10.5. The van der Waals surface area contributed by atoms with Crippen LogP contribution in [0.3, 0.4) is 0 Å². The number of carbonyl (C=O) groups is 1. The van der Waals surface area contributed by atoms with Crippen LogP contribution in [0.5, 0.6) is 0 Å². The lowest BCUT2D eigenvalue weighted by atomic mass is 10.3. The molecule has 6 nitrogen and oxygen atoms in total. The number of rotatable bonds is 3. The van der Waals surface area contributed by atoms with Crippen molar-refractivity contribution in [3.8, 4) is 0 Å². The number of hydrogen-bond donors (Lipinski definition) is 3. The van der Waals surface area contributed by atoms with Crippen molar-refractivity contribution in [2.75, 3.05) is 6.54 Å². The van der Waals surface area contributed by atoms with Gasteiger partial charge in [-0.15, -0.1) is 0 Å². The van der Waals surface area contributed by atoms with E-state index in [-0.39, 0.29) is 18.1 Å². The second-order valence-electron chi connectivity index (χ2n) is 2.22. The average molecular weight is 171 g/mol. The van der Waals surface area contributed by atoms with Crippen LogP contribution < -0.4 is 11.5 Å². The lowest BCUT2D eigenvalue weighted by molar-refractivity contribution is 0.0690. The number of carboxylic acid groups (broad SMARTS) is 1. The molecule has 0 radical (unpaired) electrons. The van der Waals surface area contributed by atoms with Gasteiger partial charge in [0.25, 0.3) is 0 Å². The minimum atomic E-state index is -1.14. The zero-order valence-electron chi connectivity index (χ0n) is 6.23. The maximum absolute atomic E-state index is 10.3. The van der Waals surface area contributed by atoms with Gasteiger partial charge in [-0.1, -0.05) is 0 Å². The molecular weight excluding hydrogens is 162 g/mol. The third kappa shape index (κ3) is 1.60. The van der Waals surface area contributed by atoms with E-state index >= 15 is 0 Å². The Morgan fingerprint density at radius 2 is 2.50 bits per heavy atom. The maximum Gasteiger partial charge on any atom is 0.357 e. The molecule has 0 spiro atoms. The molecule has 0 aliphatic carbocycles. The van der Waals surface area contributed by atoms with Crippen LogP contribution in [0.4, 0.5) is 0 Å². The number of aromatic carboxylic acids is 1. The summed E-state index contributed by atoms with van der Waals surface area (Å²) in [6.45, 7) is 0.166. The second-order valence-corrected chi connectivity index (χ2v) is 2.22. The lowest BCUT2D eigenvalue weighted by Crippen LogP contribution is -2.21. The molecule has 5 N–H and O–H groups in total. The van der Waals surface area contributed by atoms with Gasteiger partial charge in [-0.25, -0.2) is 9.78 Å². The van der Waals surface area contributed by atoms with Gasteiger partial charge < -0.3 is 21.0 Å². The SMILES string of the molecule is NC[C@H](N)c1nc(C(=O)O)co1. The summed E-state index contributed by atoms with van der Waals surface area (Å²) >= 11 is 0. The predicted molar refractivity (Wildman–Crippen MR) is 39.4 cm³/mol. The van der Waals surface area contributed by atoms with Crippen molar-refractivity contribution in [1.29, 1.82) is 0 Å². The van der Waals surface area contributed by atoms with E-state index in [1.165, 1.54) is 0 Å². The molecule has 66 valence electrons. The van der Waals surface area contributed by atoms with Crippen LogP contribution in [-0.4, -0.2) is 22.6 Å². The van der Waals surface area contributed by atoms with Crippen LogP contribution in [0.2, 0.25) is 0 Å². The first-order chi connectivity index (χ1) is 5.65. The molecule has 0 saturated carbocycles. The van der Waals surface area contributed by atoms with Crippen LogP contribution >= 0.6 is 0 Å². The summed E-state index contributed by atoms with van der Waals surface area (Å²) in [6.07, 6.45) is 1.03. The van der Waals surface area contributed by atoms with Gasteiger partial charge in [0, 0.05) is 6.54 Å². The molecule has 1 atom stereocenters. The van der Waals surface area contributed by atoms with Crippen molar-refractivity contribution >= 4 is 5.97 Å². The second kappa shape index (κ2) is 3.33. The molecule has 0 unspecified atom stereocenters. The summed E-state index contributed by atoms with van der Waals surface area (Å²) in [5, 5.41) is 8.46. The number of oxazole rings is 1. The Morgan fingerprint density at radius 3 is 2.92 bits per heavy atom. The molecular formula is C6H9N3O3. The summed E-state index contributed by atoms with van der Waals surface area (Å²) in [7, 11) is 0. The van der Waals surface area contributed by atoms with E-state index in [4.69, 9.17) is 21.0 Å². The van der Waals surface area contributed by atoms with Crippen molar-refractivity contribution < 1.29 is 14.3 Å². The first kappa shape index (κ1) is 8.69. The van der Waals surface area contributed by atoms with Crippen molar-refractivity contribution in [3.63, 3.8) is 0 Å². The van der Waals surface area contributed by atoms with Crippen LogP contribution in [0, 0.1) is 0 Å². The highest BCUT2D eigenvalue weighted by Gasteiger charge is 2.14. The molecule has 0 fully saturated rings. The van der Waals surface area contributed by atoms with E-state index in [0.717, 1.165) is 6.26 Å². The minimum absolute atomic E-state index is 0.148. The zero-order valence-corrected chi connectivity index (χ0v) is 6.23. The van der Waals surface area contributed by atoms with Crippen LogP contribution in [0.25, 0.3) is 0 Å². The van der Waals surface area contributed by atoms with Gasteiger partial charge in [-0.3, -0.25) is 0 Å². The number of nitrogens with two attached hydrogens (primary N) is 2. The fourth-order valence-electron chi connectivity index (χ4n) is 0.657. The number of carboxylic acids is 1. The molecule has 0 saturated heterocycles. The Balaban J connectivity index is 2.84. The summed E-state index contributed by atoms with van der Waals surface area (Å²) in [4.78, 5) is 13.9. The maximum atomic E-state index is 10.3.